The van der Waals surface area contributed by atoms with E-state index in [1.54, 1.807) is 60.7 Å². The molecule has 36 heavy (non-hydrogen) atoms. The summed E-state index contributed by atoms with van der Waals surface area (Å²) in [5.41, 5.74) is 1.90. The number of nitrogens with one attached hydrogen (secondary N) is 1. The van der Waals surface area contributed by atoms with E-state index < -0.39 is 33.8 Å². The zero-order valence-electron chi connectivity index (χ0n) is 20.1. The summed E-state index contributed by atoms with van der Waals surface area (Å²) in [5.74, 6) is -1.90. The van der Waals surface area contributed by atoms with Gasteiger partial charge in [0.15, 0.2) is 0 Å². The number of imide groups is 1. The topological polar surface area (TPSA) is 110 Å². The number of aryl methyl sites for hydroxylation is 1. The second-order valence-corrected chi connectivity index (χ2v) is 10.4. The van der Waals surface area contributed by atoms with Gasteiger partial charge in [-0.2, -0.15) is 0 Å². The molecule has 0 radical (unpaired) electrons. The van der Waals surface area contributed by atoms with Gasteiger partial charge in [0, 0.05) is 6.54 Å². The molecule has 0 saturated carbocycles. The van der Waals surface area contributed by atoms with Gasteiger partial charge in [-0.25, -0.2) is 13.1 Å². The monoisotopic (exact) mass is 506 g/mol. The van der Waals surface area contributed by atoms with Gasteiger partial charge in [0.1, 0.15) is 11.5 Å². The van der Waals surface area contributed by atoms with Crippen molar-refractivity contribution in [1.82, 2.24) is 9.62 Å². The highest BCUT2D eigenvalue weighted by atomic mass is 32.2. The van der Waals surface area contributed by atoms with Crippen LogP contribution in [0.4, 0.5) is 0 Å². The van der Waals surface area contributed by atoms with Crippen molar-refractivity contribution in [2.75, 3.05) is 13.7 Å². The molecule has 2 atom stereocenters. The minimum Gasteiger partial charge on any atom is -0.497 e. The quantitative estimate of drug-likeness (QED) is 0.445. The van der Waals surface area contributed by atoms with Crippen LogP contribution in [-0.2, 0) is 14.8 Å². The van der Waals surface area contributed by atoms with Crippen LogP contribution < -0.4 is 9.46 Å². The molecule has 2 amide bonds. The van der Waals surface area contributed by atoms with Crippen molar-refractivity contribution in [2.45, 2.75) is 24.8 Å². The van der Waals surface area contributed by atoms with Crippen LogP contribution in [0.15, 0.2) is 77.7 Å². The molecule has 9 heteroatoms. The number of benzene rings is 3. The first-order chi connectivity index (χ1) is 17.1. The summed E-state index contributed by atoms with van der Waals surface area (Å²) in [4.78, 5) is 39.9. The Morgan fingerprint density at radius 3 is 1.97 bits per heavy atom. The van der Waals surface area contributed by atoms with Crippen LogP contribution in [0.3, 0.4) is 0 Å². The van der Waals surface area contributed by atoms with Crippen molar-refractivity contribution in [1.29, 1.82) is 0 Å². The highest BCUT2D eigenvalue weighted by Gasteiger charge is 2.40. The predicted octanol–water partition coefficient (Wildman–Crippen LogP) is 3.52. The number of ketones is 1. The van der Waals surface area contributed by atoms with Gasteiger partial charge in [-0.05, 0) is 55.8 Å². The number of Topliss-reactive ketones (excluding diaryl/α,β-unsaturated/α-hetero) is 1. The van der Waals surface area contributed by atoms with Crippen molar-refractivity contribution in [3.05, 3.63) is 95.1 Å². The Labute approximate surface area is 209 Å². The third kappa shape index (κ3) is 4.93. The van der Waals surface area contributed by atoms with Gasteiger partial charge in [-0.3, -0.25) is 19.3 Å². The number of carbonyl (C=O) groups is 3. The normalized spacial score (nSPS) is 14.9. The van der Waals surface area contributed by atoms with Gasteiger partial charge in [-0.15, -0.1) is 0 Å². The average Bonchev–Trinajstić information content (AvgIpc) is 3.11. The van der Waals surface area contributed by atoms with Gasteiger partial charge < -0.3 is 4.74 Å². The van der Waals surface area contributed by atoms with E-state index in [4.69, 9.17) is 4.74 Å². The number of carbonyl (C=O) groups excluding carboxylic acids is 3. The van der Waals surface area contributed by atoms with Crippen LogP contribution in [0.5, 0.6) is 5.75 Å². The SMILES string of the molecule is COc1ccc([C@@H](NS(=O)(=O)c2ccc(C)cc2)[C@@H](CN2C(=O)c3ccccc3C2=O)C(C)=O)cc1. The first-order valence-corrected chi connectivity index (χ1v) is 12.8. The fraction of sp³-hybridized carbons (Fsp3) is 0.222. The molecule has 8 nitrogen and oxygen atoms in total. The lowest BCUT2D eigenvalue weighted by Crippen LogP contribution is -2.44. The van der Waals surface area contributed by atoms with Crippen molar-refractivity contribution in [3.63, 3.8) is 0 Å². The van der Waals surface area contributed by atoms with Crippen LogP contribution >= 0.6 is 0 Å². The maximum absolute atomic E-state index is 13.3. The average molecular weight is 507 g/mol. The Morgan fingerprint density at radius 1 is 0.917 bits per heavy atom. The number of hydrogen-bond acceptors (Lipinski definition) is 6. The number of ether oxygens (including phenoxy) is 1. The molecule has 186 valence electrons. The molecule has 3 aromatic carbocycles. The molecule has 0 saturated heterocycles. The van der Waals surface area contributed by atoms with Gasteiger partial charge >= 0.3 is 0 Å². The number of nitrogens with zero attached hydrogens (tertiary/aromatic N) is 1. The van der Waals surface area contributed by atoms with Crippen LogP contribution in [0.25, 0.3) is 0 Å². The van der Waals surface area contributed by atoms with Gasteiger partial charge in [0.2, 0.25) is 10.0 Å². The van der Waals surface area contributed by atoms with E-state index in [9.17, 15) is 22.8 Å². The Morgan fingerprint density at radius 2 is 1.47 bits per heavy atom. The van der Waals surface area contributed by atoms with Gasteiger partial charge in [-0.1, -0.05) is 42.0 Å². The molecular formula is C27H26N2O6S. The number of fused-ring (bicyclic) bond motifs is 1. The predicted molar refractivity (Wildman–Crippen MR) is 133 cm³/mol. The highest BCUT2D eigenvalue weighted by Crippen LogP contribution is 2.31. The first kappa shape index (κ1) is 25.3. The lowest BCUT2D eigenvalue weighted by atomic mass is 9.90. The van der Waals surface area contributed by atoms with E-state index in [1.807, 2.05) is 6.92 Å². The highest BCUT2D eigenvalue weighted by molar-refractivity contribution is 7.89. The standard InChI is InChI=1S/C27H26N2O6S/c1-17-8-14-21(15-9-17)36(33,34)28-25(19-10-12-20(35-3)13-11-19)24(18(2)30)16-29-26(31)22-6-4-5-7-23(22)27(29)32/h4-15,24-25,28H,16H2,1-3H3/t24-,25+/m0/s1. The zero-order valence-corrected chi connectivity index (χ0v) is 20.9. The smallest absolute Gasteiger partial charge is 0.261 e. The minimum atomic E-state index is -4.05. The summed E-state index contributed by atoms with van der Waals surface area (Å²) in [6.07, 6.45) is 0. The Balaban J connectivity index is 1.73. The zero-order chi connectivity index (χ0) is 26.0. The summed E-state index contributed by atoms with van der Waals surface area (Å²) >= 11 is 0. The molecule has 0 aliphatic carbocycles. The third-order valence-electron chi connectivity index (χ3n) is 6.27. The van der Waals surface area contributed by atoms with E-state index in [0.29, 0.717) is 11.3 Å². The Kier molecular flexibility index (Phi) is 7.05. The molecule has 4 rings (SSSR count). The van der Waals surface area contributed by atoms with Crippen molar-refractivity contribution >= 4 is 27.6 Å². The molecule has 1 N–H and O–H groups in total. The summed E-state index contributed by atoms with van der Waals surface area (Å²) in [6.45, 7) is 2.88. The molecule has 0 unspecified atom stereocenters. The minimum absolute atomic E-state index is 0.0367. The number of amides is 2. The molecule has 0 spiro atoms. The summed E-state index contributed by atoms with van der Waals surface area (Å²) < 4.78 is 34.5. The molecule has 0 aromatic heterocycles. The van der Waals surface area contributed by atoms with Crippen LogP contribution in [0.2, 0.25) is 0 Å². The third-order valence-corrected chi connectivity index (χ3v) is 7.73. The van der Waals surface area contributed by atoms with E-state index in [1.165, 1.54) is 26.2 Å². The Bertz CT molecular complexity index is 1380. The fourth-order valence-corrected chi connectivity index (χ4v) is 5.48. The summed E-state index contributed by atoms with van der Waals surface area (Å²) in [7, 11) is -2.55. The molecule has 1 heterocycles. The van der Waals surface area contributed by atoms with Crippen LogP contribution in [0, 0.1) is 12.8 Å². The summed E-state index contributed by atoms with van der Waals surface area (Å²) in [6, 6.07) is 18.3. The van der Waals surface area contributed by atoms with E-state index in [-0.39, 0.29) is 28.4 Å². The van der Waals surface area contributed by atoms with E-state index in [2.05, 4.69) is 4.72 Å². The molecule has 0 bridgehead atoms. The Hall–Kier alpha value is -3.82. The largest absolute Gasteiger partial charge is 0.497 e. The molecule has 1 aliphatic heterocycles. The number of methoxy groups -OCH3 is 1. The van der Waals surface area contributed by atoms with Crippen molar-refractivity contribution < 1.29 is 27.5 Å². The van der Waals surface area contributed by atoms with E-state index in [0.717, 1.165) is 10.5 Å². The van der Waals surface area contributed by atoms with Crippen molar-refractivity contribution in [3.8, 4) is 5.75 Å². The first-order valence-electron chi connectivity index (χ1n) is 11.3. The lowest BCUT2D eigenvalue weighted by molar-refractivity contribution is -0.121. The molecule has 1 aliphatic rings. The van der Waals surface area contributed by atoms with Gasteiger partial charge in [0.05, 0.1) is 35.1 Å². The van der Waals surface area contributed by atoms with E-state index >= 15 is 0 Å². The maximum Gasteiger partial charge on any atom is 0.261 e. The number of sulfonamides is 1. The molecular weight excluding hydrogens is 480 g/mol. The lowest BCUT2D eigenvalue weighted by Gasteiger charge is -2.29. The fourth-order valence-electron chi connectivity index (χ4n) is 4.22. The second kappa shape index (κ2) is 10.0. The van der Waals surface area contributed by atoms with Gasteiger partial charge in [0.25, 0.3) is 11.8 Å². The summed E-state index contributed by atoms with van der Waals surface area (Å²) in [5, 5.41) is 0. The van der Waals surface area contributed by atoms with Crippen LogP contribution in [0.1, 0.15) is 44.8 Å². The van der Waals surface area contributed by atoms with Crippen LogP contribution in [-0.4, -0.2) is 44.6 Å². The second-order valence-electron chi connectivity index (χ2n) is 8.67. The maximum atomic E-state index is 13.3. The molecule has 0 fully saturated rings. The number of hydrogen-bond donors (Lipinski definition) is 1. The number of rotatable bonds is 9. The van der Waals surface area contributed by atoms with Crippen molar-refractivity contribution in [2.24, 2.45) is 5.92 Å². The molecule has 3 aromatic rings.